The summed E-state index contributed by atoms with van der Waals surface area (Å²) in [6, 6.07) is 25.5. The van der Waals surface area contributed by atoms with Crippen molar-refractivity contribution in [3.05, 3.63) is 102 Å². The maximum Gasteiger partial charge on any atom is 0.338 e. The number of hydrogen-bond donors (Lipinski definition) is 0. The molecule has 0 spiro atoms. The largest absolute Gasteiger partial charge is 0.459 e. The Labute approximate surface area is 253 Å². The van der Waals surface area contributed by atoms with E-state index in [0.717, 1.165) is 21.5 Å². The number of hydrogen-bond acceptors (Lipinski definition) is 9. The van der Waals surface area contributed by atoms with Crippen LogP contribution in [0.1, 0.15) is 34.6 Å². The van der Waals surface area contributed by atoms with Crippen molar-refractivity contribution in [1.82, 2.24) is 4.98 Å². The lowest BCUT2D eigenvalue weighted by molar-refractivity contribution is 0.0404. The number of nitrogens with zero attached hydrogens (tertiary/aromatic N) is 1. The Balaban J connectivity index is 1.000. The van der Waals surface area contributed by atoms with Crippen LogP contribution in [0.3, 0.4) is 0 Å². The Kier molecular flexibility index (Phi) is 6.91. The van der Waals surface area contributed by atoms with E-state index >= 15 is 0 Å². The Morgan fingerprint density at radius 3 is 1.61 bits per heavy atom. The second-order valence-corrected chi connectivity index (χ2v) is 11.6. The third kappa shape index (κ3) is 6.34. The number of carbonyl (C=O) groups excluding carboxylic acids is 2. The monoisotopic (exact) mass is 591 g/mol. The molecule has 2 unspecified atom stereocenters. The quantitative estimate of drug-likeness (QED) is 0.127. The molecule has 9 heteroatoms. The molecule has 4 aromatic carbocycles. The van der Waals surface area contributed by atoms with Crippen LogP contribution in [0.4, 0.5) is 0 Å². The lowest BCUT2D eigenvalue weighted by Gasteiger charge is -2.11. The summed E-state index contributed by atoms with van der Waals surface area (Å²) in [5.74, 6) is 1.39. The molecule has 44 heavy (non-hydrogen) atoms. The first-order valence-corrected chi connectivity index (χ1v) is 14.2. The van der Waals surface area contributed by atoms with Gasteiger partial charge in [0, 0.05) is 12.3 Å². The zero-order valence-electron chi connectivity index (χ0n) is 24.2. The number of benzene rings is 4. The minimum absolute atomic E-state index is 0.239. The smallest absolute Gasteiger partial charge is 0.338 e. The van der Waals surface area contributed by atoms with Gasteiger partial charge < -0.3 is 28.4 Å². The molecule has 3 heterocycles. The number of aromatic nitrogens is 1. The number of pyridine rings is 1. The number of epoxide rings is 2. The molecule has 0 N–H and O–H groups in total. The fourth-order valence-corrected chi connectivity index (χ4v) is 4.61. The third-order valence-corrected chi connectivity index (χ3v) is 7.55. The van der Waals surface area contributed by atoms with Gasteiger partial charge in [-0.1, -0.05) is 24.3 Å². The molecule has 0 saturated carbocycles. The van der Waals surface area contributed by atoms with E-state index < -0.39 is 0 Å². The summed E-state index contributed by atoms with van der Waals surface area (Å²) in [6.45, 7) is 5.51. The van der Waals surface area contributed by atoms with E-state index in [4.69, 9.17) is 28.4 Å². The molecule has 2 aliphatic heterocycles. The van der Waals surface area contributed by atoms with E-state index in [1.807, 2.05) is 62.4 Å². The number of ether oxygens (including phenoxy) is 6. The van der Waals surface area contributed by atoms with Crippen LogP contribution in [-0.2, 0) is 18.9 Å². The predicted octanol–water partition coefficient (Wildman–Crippen LogP) is 6.86. The van der Waals surface area contributed by atoms with Crippen LogP contribution in [0.25, 0.3) is 21.5 Å². The topological polar surface area (TPSA) is 109 Å². The molecule has 2 atom stereocenters. The molecule has 0 aliphatic carbocycles. The second kappa shape index (κ2) is 10.9. The van der Waals surface area contributed by atoms with Gasteiger partial charge in [-0.15, -0.1) is 0 Å². The van der Waals surface area contributed by atoms with Gasteiger partial charge in [0.05, 0.1) is 24.3 Å². The van der Waals surface area contributed by atoms with Crippen molar-refractivity contribution >= 4 is 33.5 Å². The van der Waals surface area contributed by atoms with Gasteiger partial charge in [0.25, 0.3) is 0 Å². The standard InChI is InChI=1S/C35H29NO8/c1-34(20-41-34)18-39-32(37)26-5-3-24-15-28(9-7-22(24)13-26)43-30-11-12-36-31(17-30)44-29-10-8-23-14-27(6-4-25(23)16-29)33(38)40-19-35(2)21-42-35/h3-17H,18-21H2,1-2H3. The minimum Gasteiger partial charge on any atom is -0.459 e. The summed E-state index contributed by atoms with van der Waals surface area (Å²) < 4.78 is 33.4. The van der Waals surface area contributed by atoms with Crippen molar-refractivity contribution in [2.45, 2.75) is 25.0 Å². The summed E-state index contributed by atoms with van der Waals surface area (Å²) in [6.07, 6.45) is 1.61. The molecule has 0 amide bonds. The van der Waals surface area contributed by atoms with Gasteiger partial charge in [-0.05, 0) is 90.0 Å². The normalized spacial score (nSPS) is 20.2. The number of fused-ring (bicyclic) bond motifs is 2. The summed E-state index contributed by atoms with van der Waals surface area (Å²) in [5, 5.41) is 3.60. The highest BCUT2D eigenvalue weighted by Gasteiger charge is 2.41. The van der Waals surface area contributed by atoms with Gasteiger partial charge in [-0.3, -0.25) is 0 Å². The molecule has 2 fully saturated rings. The van der Waals surface area contributed by atoms with Crippen LogP contribution in [0.15, 0.2) is 91.1 Å². The summed E-state index contributed by atoms with van der Waals surface area (Å²) >= 11 is 0. The first-order chi connectivity index (χ1) is 21.2. The molecule has 0 bridgehead atoms. The van der Waals surface area contributed by atoms with E-state index in [-0.39, 0.29) is 36.4 Å². The van der Waals surface area contributed by atoms with Gasteiger partial charge in [0.2, 0.25) is 5.88 Å². The van der Waals surface area contributed by atoms with E-state index in [1.54, 1.807) is 42.6 Å². The Morgan fingerprint density at radius 1 is 0.636 bits per heavy atom. The summed E-state index contributed by atoms with van der Waals surface area (Å²) in [4.78, 5) is 29.2. The average Bonchev–Trinajstić information content (AvgIpc) is 3.96. The Morgan fingerprint density at radius 2 is 1.09 bits per heavy atom. The maximum absolute atomic E-state index is 12.4. The highest BCUT2D eigenvalue weighted by Crippen LogP contribution is 2.32. The molecule has 1 aromatic heterocycles. The van der Waals surface area contributed by atoms with Crippen molar-refractivity contribution in [2.24, 2.45) is 0 Å². The van der Waals surface area contributed by atoms with Crippen molar-refractivity contribution in [2.75, 3.05) is 26.4 Å². The van der Waals surface area contributed by atoms with Crippen LogP contribution in [0.2, 0.25) is 0 Å². The van der Waals surface area contributed by atoms with Gasteiger partial charge in [-0.2, -0.15) is 0 Å². The zero-order valence-corrected chi connectivity index (χ0v) is 24.2. The van der Waals surface area contributed by atoms with Gasteiger partial charge in [0.15, 0.2) is 0 Å². The van der Waals surface area contributed by atoms with Crippen molar-refractivity contribution in [3.8, 4) is 23.1 Å². The van der Waals surface area contributed by atoms with Crippen LogP contribution in [-0.4, -0.2) is 54.6 Å². The predicted molar refractivity (Wildman–Crippen MR) is 162 cm³/mol. The first-order valence-electron chi connectivity index (χ1n) is 14.2. The minimum atomic E-state index is -0.379. The highest BCUT2D eigenvalue weighted by atomic mass is 16.6. The van der Waals surface area contributed by atoms with Gasteiger partial charge in [0.1, 0.15) is 41.7 Å². The van der Waals surface area contributed by atoms with Crippen molar-refractivity contribution in [3.63, 3.8) is 0 Å². The molecule has 2 saturated heterocycles. The lowest BCUT2D eigenvalue weighted by atomic mass is 10.1. The Bertz CT molecular complexity index is 1780. The number of rotatable bonds is 10. The first kappa shape index (κ1) is 27.8. The molecule has 5 aromatic rings. The maximum atomic E-state index is 12.4. The highest BCUT2D eigenvalue weighted by molar-refractivity contribution is 5.96. The number of esters is 2. The van der Waals surface area contributed by atoms with Crippen molar-refractivity contribution in [1.29, 1.82) is 0 Å². The molecular formula is C35H29NO8. The van der Waals surface area contributed by atoms with Crippen LogP contribution < -0.4 is 9.47 Å². The van der Waals surface area contributed by atoms with Crippen LogP contribution >= 0.6 is 0 Å². The zero-order chi connectivity index (χ0) is 30.3. The van der Waals surface area contributed by atoms with Crippen LogP contribution in [0, 0.1) is 0 Å². The SMILES string of the molecule is CC1(COC(=O)c2ccc3cc(Oc4ccnc(Oc5ccc6cc(C(=O)OCC7(C)CO7)ccc6c5)c4)ccc3c2)CO1. The van der Waals surface area contributed by atoms with Gasteiger partial charge in [-0.25, -0.2) is 14.6 Å². The number of carbonyl (C=O) groups is 2. The van der Waals surface area contributed by atoms with E-state index in [1.165, 1.54) is 0 Å². The Hall–Kier alpha value is -4.99. The van der Waals surface area contributed by atoms with Gasteiger partial charge >= 0.3 is 11.9 Å². The molecule has 2 aliphatic rings. The molecule has 0 radical (unpaired) electrons. The summed E-state index contributed by atoms with van der Waals surface area (Å²) in [7, 11) is 0. The fraction of sp³-hybridized carbons (Fsp3) is 0.229. The average molecular weight is 592 g/mol. The summed E-state index contributed by atoms with van der Waals surface area (Å²) in [5.41, 5.74) is 0.265. The third-order valence-electron chi connectivity index (χ3n) is 7.55. The van der Waals surface area contributed by atoms with E-state index in [0.29, 0.717) is 47.5 Å². The van der Waals surface area contributed by atoms with Crippen LogP contribution in [0.5, 0.6) is 23.1 Å². The van der Waals surface area contributed by atoms with E-state index in [9.17, 15) is 9.59 Å². The van der Waals surface area contributed by atoms with E-state index in [2.05, 4.69) is 4.98 Å². The molecule has 222 valence electrons. The molecule has 7 rings (SSSR count). The lowest BCUT2D eigenvalue weighted by Crippen LogP contribution is -2.18. The molecular weight excluding hydrogens is 562 g/mol. The second-order valence-electron chi connectivity index (χ2n) is 11.6. The molecule has 9 nitrogen and oxygen atoms in total. The van der Waals surface area contributed by atoms with Crippen molar-refractivity contribution < 1.29 is 38.0 Å². The fourth-order valence-electron chi connectivity index (χ4n) is 4.61.